The second-order valence-electron chi connectivity index (χ2n) is 7.88. The Labute approximate surface area is 178 Å². The molecule has 3 rings (SSSR count). The van der Waals surface area contributed by atoms with Gasteiger partial charge in [-0.15, -0.1) is 0 Å². The Kier molecular flexibility index (Phi) is 6.54. The minimum Gasteiger partial charge on any atom is -0.355 e. The number of pyridine rings is 1. The van der Waals surface area contributed by atoms with Gasteiger partial charge in [0.25, 0.3) is 0 Å². The van der Waals surface area contributed by atoms with Gasteiger partial charge in [-0.05, 0) is 25.3 Å². The third kappa shape index (κ3) is 5.00. The molecular weight excluding hydrogens is 445 g/mol. The number of sulfone groups is 1. The maximum atomic E-state index is 13.1. The highest BCUT2D eigenvalue weighted by Gasteiger charge is 2.39. The molecule has 0 bridgehead atoms. The molecule has 7 nitrogen and oxygen atoms in total. The van der Waals surface area contributed by atoms with Crippen LogP contribution in [0.3, 0.4) is 0 Å². The van der Waals surface area contributed by atoms with E-state index in [-0.39, 0.29) is 40.2 Å². The van der Waals surface area contributed by atoms with Crippen LogP contribution < -0.4 is 4.90 Å². The second kappa shape index (κ2) is 8.51. The van der Waals surface area contributed by atoms with Crippen molar-refractivity contribution in [1.29, 1.82) is 0 Å². The van der Waals surface area contributed by atoms with Crippen LogP contribution >= 0.6 is 11.6 Å². The lowest BCUT2D eigenvalue weighted by molar-refractivity contribution is -0.154. The van der Waals surface area contributed by atoms with Crippen LogP contribution in [0.15, 0.2) is 12.3 Å². The van der Waals surface area contributed by atoms with Gasteiger partial charge < -0.3 is 4.90 Å². The molecule has 1 atom stereocenters. The average Bonchev–Trinajstić information content (AvgIpc) is 3.00. The van der Waals surface area contributed by atoms with Crippen molar-refractivity contribution in [3.05, 3.63) is 22.8 Å². The molecule has 30 heavy (non-hydrogen) atoms. The van der Waals surface area contributed by atoms with Gasteiger partial charge in [-0.1, -0.05) is 11.6 Å². The number of piperidine rings is 1. The lowest BCUT2D eigenvalue weighted by atomic mass is 9.95. The number of anilines is 1. The predicted octanol–water partition coefficient (Wildman–Crippen LogP) is 2.46. The topological polar surface area (TPSA) is 73.8 Å². The largest absolute Gasteiger partial charge is 0.417 e. The number of carbonyl (C=O) groups excluding carboxylic acids is 1. The van der Waals surface area contributed by atoms with Crippen molar-refractivity contribution < 1.29 is 26.4 Å². The van der Waals surface area contributed by atoms with E-state index in [1.54, 1.807) is 24.0 Å². The smallest absolute Gasteiger partial charge is 0.355 e. The third-order valence-corrected chi connectivity index (χ3v) is 7.53. The van der Waals surface area contributed by atoms with Crippen molar-refractivity contribution in [2.75, 3.05) is 43.6 Å². The summed E-state index contributed by atoms with van der Waals surface area (Å²) in [5.74, 6) is -0.137. The summed E-state index contributed by atoms with van der Waals surface area (Å²) in [7, 11) is 0.291. The van der Waals surface area contributed by atoms with Gasteiger partial charge in [-0.3, -0.25) is 9.80 Å². The van der Waals surface area contributed by atoms with Gasteiger partial charge in [0.05, 0.1) is 28.1 Å². The first-order chi connectivity index (χ1) is 13.9. The molecule has 2 aliphatic rings. The Balaban J connectivity index is 1.66. The molecule has 0 N–H and O–H groups in total. The van der Waals surface area contributed by atoms with Crippen LogP contribution in [0.5, 0.6) is 0 Å². The average molecular weight is 469 g/mol. The van der Waals surface area contributed by atoms with Crippen LogP contribution in [0.4, 0.5) is 19.0 Å². The normalized spacial score (nSPS) is 22.5. The van der Waals surface area contributed by atoms with E-state index in [0.717, 1.165) is 12.3 Å². The van der Waals surface area contributed by atoms with Crippen molar-refractivity contribution in [2.45, 2.75) is 31.5 Å². The van der Waals surface area contributed by atoms with E-state index in [0.29, 0.717) is 32.4 Å². The Morgan fingerprint density at radius 2 is 1.87 bits per heavy atom. The Hall–Kier alpha value is -1.59. The number of aromatic nitrogens is 1. The summed E-state index contributed by atoms with van der Waals surface area (Å²) in [6.45, 7) is 0.831. The number of halogens is 4. The maximum Gasteiger partial charge on any atom is 0.417 e. The van der Waals surface area contributed by atoms with Gasteiger partial charge in [-0.25, -0.2) is 18.4 Å². The molecule has 1 aromatic rings. The van der Waals surface area contributed by atoms with Crippen LogP contribution in [0.25, 0.3) is 0 Å². The van der Waals surface area contributed by atoms with Gasteiger partial charge in [0.15, 0.2) is 9.84 Å². The molecule has 168 valence electrons. The first kappa shape index (κ1) is 23.1. The molecule has 0 radical (unpaired) electrons. The Morgan fingerprint density at radius 1 is 1.23 bits per heavy atom. The summed E-state index contributed by atoms with van der Waals surface area (Å²) in [6.07, 6.45) is -2.40. The van der Waals surface area contributed by atoms with Crippen molar-refractivity contribution in [3.8, 4) is 0 Å². The molecule has 0 saturated carbocycles. The van der Waals surface area contributed by atoms with Gasteiger partial charge in [0.1, 0.15) is 5.82 Å². The quantitative estimate of drug-likeness (QED) is 0.632. The van der Waals surface area contributed by atoms with Gasteiger partial charge in [0.2, 0.25) is 5.91 Å². The zero-order valence-electron chi connectivity index (χ0n) is 16.7. The molecule has 2 saturated heterocycles. The van der Waals surface area contributed by atoms with Crippen LogP contribution in [-0.2, 0) is 20.8 Å². The van der Waals surface area contributed by atoms with Crippen LogP contribution in [0, 0.1) is 5.92 Å². The number of hydrogen-bond donors (Lipinski definition) is 0. The number of rotatable bonds is 4. The minimum absolute atomic E-state index is 0.0408. The Bertz CT molecular complexity index is 902. The fraction of sp³-hybridized carbons (Fsp3) is 0.667. The predicted molar refractivity (Wildman–Crippen MR) is 107 cm³/mol. The second-order valence-corrected chi connectivity index (χ2v) is 10.5. The summed E-state index contributed by atoms with van der Waals surface area (Å²) in [5.41, 5.74) is -0.908. The molecule has 0 unspecified atom stereocenters. The van der Waals surface area contributed by atoms with Crippen molar-refractivity contribution >= 4 is 33.2 Å². The van der Waals surface area contributed by atoms with Crippen molar-refractivity contribution in [1.82, 2.24) is 15.0 Å². The SMILES string of the molecule is CN(C)N(C(=O)C1CCN(c2ncc(C(F)(F)F)cc2Cl)CC1)[C@@H]1CCS(=O)(=O)C1. The molecule has 2 aliphatic heterocycles. The summed E-state index contributed by atoms with van der Waals surface area (Å²) >= 11 is 6.03. The van der Waals surface area contributed by atoms with E-state index in [1.165, 1.54) is 5.01 Å². The maximum absolute atomic E-state index is 13.1. The highest BCUT2D eigenvalue weighted by molar-refractivity contribution is 7.91. The number of alkyl halides is 3. The Morgan fingerprint density at radius 3 is 2.33 bits per heavy atom. The molecule has 0 spiro atoms. The van der Waals surface area contributed by atoms with Crippen molar-refractivity contribution in [2.24, 2.45) is 5.92 Å². The molecule has 0 aliphatic carbocycles. The fourth-order valence-electron chi connectivity index (χ4n) is 4.02. The zero-order valence-corrected chi connectivity index (χ0v) is 18.3. The van der Waals surface area contributed by atoms with Crippen LogP contribution in [0.1, 0.15) is 24.8 Å². The lowest BCUT2D eigenvalue weighted by Gasteiger charge is -2.39. The van der Waals surface area contributed by atoms with Gasteiger partial charge >= 0.3 is 6.18 Å². The summed E-state index contributed by atoms with van der Waals surface area (Å²) in [5, 5.41) is 3.09. The number of carbonyl (C=O) groups is 1. The zero-order chi connectivity index (χ0) is 22.3. The molecule has 1 aromatic heterocycles. The van der Waals surface area contributed by atoms with Crippen LogP contribution in [-0.4, -0.2) is 74.1 Å². The van der Waals surface area contributed by atoms with Gasteiger partial charge in [0, 0.05) is 39.3 Å². The first-order valence-corrected chi connectivity index (χ1v) is 11.8. The molecule has 1 amide bonds. The first-order valence-electron chi connectivity index (χ1n) is 9.57. The van der Waals surface area contributed by atoms with E-state index < -0.39 is 21.6 Å². The van der Waals surface area contributed by atoms with E-state index in [1.807, 2.05) is 0 Å². The van der Waals surface area contributed by atoms with E-state index in [2.05, 4.69) is 4.98 Å². The lowest BCUT2D eigenvalue weighted by Crippen LogP contribution is -2.53. The number of amides is 1. The number of nitrogens with zero attached hydrogens (tertiary/aromatic N) is 4. The highest BCUT2D eigenvalue weighted by Crippen LogP contribution is 2.35. The van der Waals surface area contributed by atoms with Crippen molar-refractivity contribution in [3.63, 3.8) is 0 Å². The summed E-state index contributed by atoms with van der Waals surface area (Å²) in [6, 6.07) is 0.483. The van der Waals surface area contributed by atoms with E-state index in [4.69, 9.17) is 11.6 Å². The highest BCUT2D eigenvalue weighted by atomic mass is 35.5. The van der Waals surface area contributed by atoms with E-state index >= 15 is 0 Å². The fourth-order valence-corrected chi connectivity index (χ4v) is 5.99. The van der Waals surface area contributed by atoms with E-state index in [9.17, 15) is 26.4 Å². The van der Waals surface area contributed by atoms with Crippen LogP contribution in [0.2, 0.25) is 5.02 Å². The summed E-state index contributed by atoms with van der Waals surface area (Å²) < 4.78 is 62.1. The number of hydrogen-bond acceptors (Lipinski definition) is 6. The molecule has 3 heterocycles. The molecule has 0 aromatic carbocycles. The number of hydrazine groups is 1. The molecular formula is C18H24ClF3N4O3S. The minimum atomic E-state index is -4.52. The molecule has 12 heteroatoms. The molecule has 2 fully saturated rings. The monoisotopic (exact) mass is 468 g/mol. The summed E-state index contributed by atoms with van der Waals surface area (Å²) in [4.78, 5) is 18.8. The standard InChI is InChI=1S/C18H24ClF3N4O3S/c1-24(2)26(14-5-8-30(28,29)11-14)17(27)12-3-6-25(7-4-12)16-15(19)9-13(10-23-16)18(20,21)22/h9-10,12,14H,3-8,11H2,1-2H3/t14-/m1/s1. The van der Waals surface area contributed by atoms with Gasteiger partial charge in [-0.2, -0.15) is 13.2 Å². The third-order valence-electron chi connectivity index (χ3n) is 5.50.